The Hall–Kier alpha value is -2.89. The van der Waals surface area contributed by atoms with Crippen LogP contribution < -0.4 is 5.32 Å². The molecule has 1 N–H and O–H groups in total. The first-order valence-electron chi connectivity index (χ1n) is 10.1. The van der Waals surface area contributed by atoms with E-state index in [4.69, 9.17) is 4.42 Å². The maximum absolute atomic E-state index is 12.6. The lowest BCUT2D eigenvalue weighted by Gasteiger charge is -2.30. The monoisotopic (exact) mass is 376 g/mol. The van der Waals surface area contributed by atoms with Gasteiger partial charge in [-0.15, -0.1) is 10.2 Å². The van der Waals surface area contributed by atoms with Crippen LogP contribution in [0.1, 0.15) is 54.9 Å². The molecule has 2 fully saturated rings. The zero-order chi connectivity index (χ0) is 18.9. The number of carbonyl (C=O) groups excluding carboxylic acids is 1. The van der Waals surface area contributed by atoms with Crippen LogP contribution in [0.4, 0.5) is 4.79 Å². The molecule has 0 unspecified atom stereocenters. The summed E-state index contributed by atoms with van der Waals surface area (Å²) in [4.78, 5) is 14.5. The minimum atomic E-state index is -0.00409. The maximum atomic E-state index is 12.6. The highest BCUT2D eigenvalue weighted by Crippen LogP contribution is 2.40. The third-order valence-electron chi connectivity index (χ3n) is 5.82. The fraction of sp³-hybridized carbons (Fsp3) is 0.409. The quantitative estimate of drug-likeness (QED) is 0.741. The van der Waals surface area contributed by atoms with E-state index in [0.29, 0.717) is 25.6 Å². The van der Waals surface area contributed by atoms with Gasteiger partial charge in [-0.3, -0.25) is 0 Å². The second-order valence-electron chi connectivity index (χ2n) is 7.81. The maximum Gasteiger partial charge on any atom is 0.317 e. The number of hydrogen-bond acceptors (Lipinski definition) is 4. The molecule has 1 aliphatic heterocycles. The number of piperidine rings is 1. The summed E-state index contributed by atoms with van der Waals surface area (Å²) in [5.41, 5.74) is 1.14. The Labute approximate surface area is 163 Å². The summed E-state index contributed by atoms with van der Waals surface area (Å²) in [6, 6.07) is 14.5. The minimum Gasteiger partial charge on any atom is -0.425 e. The molecule has 1 saturated heterocycles. The van der Waals surface area contributed by atoms with Crippen molar-refractivity contribution in [3.05, 3.63) is 59.8 Å². The molecule has 6 nitrogen and oxygen atoms in total. The van der Waals surface area contributed by atoms with E-state index in [1.165, 1.54) is 10.8 Å². The van der Waals surface area contributed by atoms with Crippen molar-refractivity contribution in [3.8, 4) is 0 Å². The summed E-state index contributed by atoms with van der Waals surface area (Å²) in [7, 11) is 0. The van der Waals surface area contributed by atoms with Gasteiger partial charge in [0.15, 0.2) is 0 Å². The average molecular weight is 376 g/mol. The molecule has 2 heterocycles. The van der Waals surface area contributed by atoms with Gasteiger partial charge in [-0.2, -0.15) is 0 Å². The van der Waals surface area contributed by atoms with Crippen LogP contribution in [0, 0.1) is 0 Å². The summed E-state index contributed by atoms with van der Waals surface area (Å²) in [6.45, 7) is 1.97. The van der Waals surface area contributed by atoms with Crippen molar-refractivity contribution in [1.82, 2.24) is 20.4 Å². The molecule has 1 saturated carbocycles. The highest BCUT2D eigenvalue weighted by Gasteiger charge is 2.32. The van der Waals surface area contributed by atoms with E-state index in [2.05, 4.69) is 39.8 Å². The molecule has 0 bridgehead atoms. The minimum absolute atomic E-state index is 0.00409. The lowest BCUT2D eigenvalue weighted by atomic mass is 9.97. The van der Waals surface area contributed by atoms with Crippen molar-refractivity contribution in [3.63, 3.8) is 0 Å². The van der Waals surface area contributed by atoms with Crippen molar-refractivity contribution in [2.45, 2.75) is 44.1 Å². The van der Waals surface area contributed by atoms with Crippen LogP contribution in [0.5, 0.6) is 0 Å². The molecule has 2 amide bonds. The molecule has 5 rings (SSSR count). The SMILES string of the molecule is O=C(NCc1cccc2ccccc12)N1CCC(c2nnc(C3CC3)o2)CC1. The van der Waals surface area contributed by atoms with E-state index in [0.717, 1.165) is 43.0 Å². The third kappa shape index (κ3) is 3.46. The van der Waals surface area contributed by atoms with Crippen molar-refractivity contribution in [2.24, 2.45) is 0 Å². The summed E-state index contributed by atoms with van der Waals surface area (Å²) in [5, 5.41) is 13.9. The lowest BCUT2D eigenvalue weighted by Crippen LogP contribution is -2.43. The largest absolute Gasteiger partial charge is 0.425 e. The molecule has 2 aliphatic rings. The number of carbonyl (C=O) groups is 1. The molecular formula is C22H24N4O2. The number of likely N-dealkylation sites (tertiary alicyclic amines) is 1. The summed E-state index contributed by atoms with van der Waals surface area (Å²) >= 11 is 0. The zero-order valence-electron chi connectivity index (χ0n) is 15.8. The van der Waals surface area contributed by atoms with Gasteiger partial charge >= 0.3 is 6.03 Å². The van der Waals surface area contributed by atoms with Crippen molar-refractivity contribution >= 4 is 16.8 Å². The van der Waals surface area contributed by atoms with E-state index in [1.807, 2.05) is 23.1 Å². The van der Waals surface area contributed by atoms with Crippen LogP contribution in [0.25, 0.3) is 10.8 Å². The summed E-state index contributed by atoms with van der Waals surface area (Å²) in [5.74, 6) is 2.30. The van der Waals surface area contributed by atoms with Gasteiger partial charge < -0.3 is 14.6 Å². The average Bonchev–Trinajstić information content (AvgIpc) is 3.49. The van der Waals surface area contributed by atoms with E-state index >= 15 is 0 Å². The van der Waals surface area contributed by atoms with Crippen molar-refractivity contribution in [2.75, 3.05) is 13.1 Å². The molecule has 144 valence electrons. The number of hydrogen-bond donors (Lipinski definition) is 1. The number of benzene rings is 2. The number of amides is 2. The van der Waals surface area contributed by atoms with Gasteiger partial charge in [0.25, 0.3) is 0 Å². The van der Waals surface area contributed by atoms with Crippen LogP contribution in [0.2, 0.25) is 0 Å². The highest BCUT2D eigenvalue weighted by molar-refractivity contribution is 5.86. The molecule has 0 radical (unpaired) electrons. The van der Waals surface area contributed by atoms with Gasteiger partial charge in [0.05, 0.1) is 0 Å². The second-order valence-corrected chi connectivity index (χ2v) is 7.81. The van der Waals surface area contributed by atoms with Gasteiger partial charge in [-0.1, -0.05) is 42.5 Å². The molecule has 2 aromatic carbocycles. The number of nitrogens with one attached hydrogen (secondary N) is 1. The van der Waals surface area contributed by atoms with Crippen LogP contribution in [-0.4, -0.2) is 34.2 Å². The number of rotatable bonds is 4. The number of fused-ring (bicyclic) bond motifs is 1. The Morgan fingerprint density at radius 2 is 1.64 bits per heavy atom. The molecule has 28 heavy (non-hydrogen) atoms. The molecule has 6 heteroatoms. The van der Waals surface area contributed by atoms with E-state index in [1.54, 1.807) is 0 Å². The Balaban J connectivity index is 1.16. The van der Waals surface area contributed by atoms with E-state index in [9.17, 15) is 4.79 Å². The number of urea groups is 1. The first kappa shape index (κ1) is 17.2. The summed E-state index contributed by atoms with van der Waals surface area (Å²) < 4.78 is 5.85. The topological polar surface area (TPSA) is 71.3 Å². The fourth-order valence-electron chi connectivity index (χ4n) is 3.97. The van der Waals surface area contributed by atoms with Crippen molar-refractivity contribution in [1.29, 1.82) is 0 Å². The number of aromatic nitrogens is 2. The van der Waals surface area contributed by atoms with Crippen LogP contribution in [0.15, 0.2) is 46.9 Å². The predicted octanol–water partition coefficient (Wildman–Crippen LogP) is 4.19. The van der Waals surface area contributed by atoms with Gasteiger partial charge in [0.2, 0.25) is 11.8 Å². The molecule has 3 aromatic rings. The molecule has 1 aromatic heterocycles. The standard InChI is InChI=1S/C22H24N4O2/c27-22(23-14-18-6-3-5-15-4-1-2-7-19(15)18)26-12-10-17(11-13-26)21-25-24-20(28-21)16-8-9-16/h1-7,16-17H,8-14H2,(H,23,27). The van der Waals surface area contributed by atoms with Gasteiger partial charge in [-0.25, -0.2) is 4.79 Å². The molecular weight excluding hydrogens is 352 g/mol. The molecule has 1 aliphatic carbocycles. The first-order chi connectivity index (χ1) is 13.8. The van der Waals surface area contributed by atoms with Gasteiger partial charge in [-0.05, 0) is 42.0 Å². The molecule has 0 atom stereocenters. The van der Waals surface area contributed by atoms with Gasteiger partial charge in [0.1, 0.15) is 0 Å². The Bertz CT molecular complexity index is 982. The second kappa shape index (κ2) is 7.26. The lowest BCUT2D eigenvalue weighted by molar-refractivity contribution is 0.176. The normalized spacial score (nSPS) is 17.8. The Morgan fingerprint density at radius 3 is 2.39 bits per heavy atom. The Kier molecular flexibility index (Phi) is 4.47. The molecule has 0 spiro atoms. The van der Waals surface area contributed by atoms with Crippen LogP contribution in [-0.2, 0) is 6.54 Å². The smallest absolute Gasteiger partial charge is 0.317 e. The van der Waals surface area contributed by atoms with E-state index < -0.39 is 0 Å². The zero-order valence-corrected chi connectivity index (χ0v) is 15.8. The highest BCUT2D eigenvalue weighted by atomic mass is 16.4. The van der Waals surface area contributed by atoms with E-state index in [-0.39, 0.29) is 11.9 Å². The third-order valence-corrected chi connectivity index (χ3v) is 5.82. The van der Waals surface area contributed by atoms with Crippen molar-refractivity contribution < 1.29 is 9.21 Å². The van der Waals surface area contributed by atoms with Gasteiger partial charge in [0, 0.05) is 31.5 Å². The number of nitrogens with zero attached hydrogens (tertiary/aromatic N) is 3. The first-order valence-corrected chi connectivity index (χ1v) is 10.1. The van der Waals surface area contributed by atoms with Crippen LogP contribution >= 0.6 is 0 Å². The fourth-order valence-corrected chi connectivity index (χ4v) is 3.97. The predicted molar refractivity (Wildman–Crippen MR) is 106 cm³/mol. The Morgan fingerprint density at radius 1 is 0.964 bits per heavy atom. The van der Waals surface area contributed by atoms with Crippen LogP contribution in [0.3, 0.4) is 0 Å². The summed E-state index contributed by atoms with van der Waals surface area (Å²) in [6.07, 6.45) is 4.07.